The summed E-state index contributed by atoms with van der Waals surface area (Å²) < 4.78 is 14.3. The van der Waals surface area contributed by atoms with Crippen molar-refractivity contribution in [2.45, 2.75) is 0 Å². The number of nitrogens with zero attached hydrogens (tertiary/aromatic N) is 2. The van der Waals surface area contributed by atoms with Crippen LogP contribution in [0.1, 0.15) is 0 Å². The average Bonchev–Trinajstić information content (AvgIpc) is 2.78. The molecule has 0 aliphatic heterocycles. The van der Waals surface area contributed by atoms with Gasteiger partial charge in [0.1, 0.15) is 5.82 Å². The molecule has 0 spiro atoms. The molecule has 1 aromatic heterocycles. The number of nitrogens with two attached hydrogens (primary N) is 1. The lowest BCUT2D eigenvalue weighted by molar-refractivity contribution is 0.248. The molecule has 0 saturated heterocycles. The van der Waals surface area contributed by atoms with E-state index in [0.29, 0.717) is 22.4 Å². The highest BCUT2D eigenvalue weighted by Crippen LogP contribution is 2.25. The Hall–Kier alpha value is -2.89. The molecule has 0 fully saturated rings. The molecule has 0 atom stereocenters. The Morgan fingerprint density at radius 1 is 1.40 bits per heavy atom. The van der Waals surface area contributed by atoms with Gasteiger partial charge < -0.3 is 11.1 Å². The maximum absolute atomic E-state index is 13.2. The van der Waals surface area contributed by atoms with Crippen molar-refractivity contribution in [2.24, 2.45) is 5.73 Å². The number of carbonyl (C=O) groups is 1. The van der Waals surface area contributed by atoms with E-state index >= 15 is 0 Å². The summed E-state index contributed by atoms with van der Waals surface area (Å²) >= 11 is 0. The lowest BCUT2D eigenvalue weighted by Gasteiger charge is -2.03. The molecule has 3 rings (SSSR count). The maximum atomic E-state index is 13.2. The van der Waals surface area contributed by atoms with E-state index in [1.807, 2.05) is 0 Å². The number of rotatable bonds is 2. The van der Waals surface area contributed by atoms with Crippen LogP contribution in [-0.4, -0.2) is 15.8 Å². The second-order valence-corrected chi connectivity index (χ2v) is 4.18. The Morgan fingerprint density at radius 3 is 3.00 bits per heavy atom. The number of benzene rings is 2. The standard InChI is InChI=1S/C14H10FN4O/c15-9-4-3-5-10(8-9)17-13-11-6-1-2-7-12(11)19(18-13)14(16)20/h2-8H,(H2,16,20)(H,17,18). The molecule has 1 heterocycles. The van der Waals surface area contributed by atoms with Crippen molar-refractivity contribution in [3.63, 3.8) is 0 Å². The Morgan fingerprint density at radius 2 is 2.25 bits per heavy atom. The molecule has 3 N–H and O–H groups in total. The monoisotopic (exact) mass is 269 g/mol. The van der Waals surface area contributed by atoms with Gasteiger partial charge in [0.15, 0.2) is 5.82 Å². The van der Waals surface area contributed by atoms with Crippen molar-refractivity contribution in [2.75, 3.05) is 5.32 Å². The summed E-state index contributed by atoms with van der Waals surface area (Å²) in [7, 11) is 0. The molecule has 0 aliphatic rings. The van der Waals surface area contributed by atoms with E-state index in [2.05, 4.69) is 16.5 Å². The SMILES string of the molecule is NC(=O)n1nc(Nc2cccc(F)c2)c2c[c]ccc21. The summed E-state index contributed by atoms with van der Waals surface area (Å²) in [5.74, 6) is 0.0569. The molecule has 0 unspecified atom stereocenters. The molecule has 3 aromatic rings. The van der Waals surface area contributed by atoms with Gasteiger partial charge in [0.25, 0.3) is 0 Å². The molecule has 5 nitrogen and oxygen atoms in total. The van der Waals surface area contributed by atoms with Crippen LogP contribution in [0.25, 0.3) is 10.9 Å². The minimum absolute atomic E-state index is 0.361. The van der Waals surface area contributed by atoms with Gasteiger partial charge >= 0.3 is 6.03 Å². The molecule has 1 amide bonds. The van der Waals surface area contributed by atoms with E-state index in [4.69, 9.17) is 5.73 Å². The van der Waals surface area contributed by atoms with Gasteiger partial charge in [0.2, 0.25) is 0 Å². The highest BCUT2D eigenvalue weighted by molar-refractivity contribution is 5.97. The Labute approximate surface area is 113 Å². The number of carbonyl (C=O) groups excluding carboxylic acids is 1. The number of amides is 1. The van der Waals surface area contributed by atoms with Gasteiger partial charge in [0.05, 0.1) is 5.52 Å². The Balaban J connectivity index is 2.10. The van der Waals surface area contributed by atoms with Crippen LogP contribution in [0.2, 0.25) is 0 Å². The van der Waals surface area contributed by atoms with E-state index in [0.717, 1.165) is 4.68 Å². The van der Waals surface area contributed by atoms with Gasteiger partial charge in [-0.3, -0.25) is 0 Å². The number of aromatic nitrogens is 2. The third-order valence-electron chi connectivity index (χ3n) is 2.82. The van der Waals surface area contributed by atoms with Crippen molar-refractivity contribution in [1.82, 2.24) is 9.78 Å². The van der Waals surface area contributed by atoms with Crippen molar-refractivity contribution >= 4 is 28.4 Å². The molecule has 0 bridgehead atoms. The summed E-state index contributed by atoms with van der Waals surface area (Å²) in [6, 6.07) is 13.2. The molecule has 99 valence electrons. The summed E-state index contributed by atoms with van der Waals surface area (Å²) in [6.45, 7) is 0. The van der Waals surface area contributed by atoms with Crippen LogP contribution in [0, 0.1) is 11.9 Å². The number of primary amides is 1. The minimum atomic E-state index is -0.687. The lowest BCUT2D eigenvalue weighted by atomic mass is 10.2. The predicted molar refractivity (Wildman–Crippen MR) is 73.2 cm³/mol. The second-order valence-electron chi connectivity index (χ2n) is 4.18. The number of hydrogen-bond acceptors (Lipinski definition) is 3. The first-order valence-electron chi connectivity index (χ1n) is 5.86. The normalized spacial score (nSPS) is 10.7. The Kier molecular flexibility index (Phi) is 2.83. The van der Waals surface area contributed by atoms with Crippen LogP contribution in [0.3, 0.4) is 0 Å². The van der Waals surface area contributed by atoms with Crippen LogP contribution in [0.4, 0.5) is 20.7 Å². The van der Waals surface area contributed by atoms with Gasteiger partial charge in [-0.15, -0.1) is 5.10 Å². The van der Waals surface area contributed by atoms with E-state index in [1.54, 1.807) is 30.3 Å². The predicted octanol–water partition coefficient (Wildman–Crippen LogP) is 2.65. The number of halogens is 1. The van der Waals surface area contributed by atoms with Gasteiger partial charge in [-0.05, 0) is 36.4 Å². The second kappa shape index (κ2) is 4.65. The summed E-state index contributed by atoms with van der Waals surface area (Å²) in [6.07, 6.45) is 0. The third-order valence-corrected chi connectivity index (χ3v) is 2.82. The molecule has 0 saturated carbocycles. The van der Waals surface area contributed by atoms with Crippen molar-refractivity contribution < 1.29 is 9.18 Å². The van der Waals surface area contributed by atoms with Crippen molar-refractivity contribution in [1.29, 1.82) is 0 Å². The smallest absolute Gasteiger partial charge is 0.340 e. The highest BCUT2D eigenvalue weighted by atomic mass is 19.1. The van der Waals surface area contributed by atoms with Crippen LogP contribution < -0.4 is 11.1 Å². The molecular weight excluding hydrogens is 259 g/mol. The fourth-order valence-electron chi connectivity index (χ4n) is 1.97. The topological polar surface area (TPSA) is 72.9 Å². The first-order valence-corrected chi connectivity index (χ1v) is 5.86. The largest absolute Gasteiger partial charge is 0.350 e. The fraction of sp³-hybridized carbons (Fsp3) is 0. The van der Waals surface area contributed by atoms with Crippen molar-refractivity contribution in [3.05, 3.63) is 54.3 Å². The van der Waals surface area contributed by atoms with Crippen LogP contribution in [0.15, 0.2) is 42.5 Å². The first-order chi connectivity index (χ1) is 9.65. The number of hydrogen-bond donors (Lipinski definition) is 2. The number of nitrogens with one attached hydrogen (secondary N) is 1. The van der Waals surface area contributed by atoms with E-state index in [-0.39, 0.29) is 5.82 Å². The zero-order valence-electron chi connectivity index (χ0n) is 10.3. The Bertz CT molecular complexity index is 797. The highest BCUT2D eigenvalue weighted by Gasteiger charge is 2.13. The minimum Gasteiger partial charge on any atom is -0.350 e. The maximum Gasteiger partial charge on any atom is 0.340 e. The molecule has 6 heteroatoms. The van der Waals surface area contributed by atoms with Gasteiger partial charge in [-0.25, -0.2) is 9.18 Å². The molecule has 20 heavy (non-hydrogen) atoms. The molecule has 0 aliphatic carbocycles. The lowest BCUT2D eigenvalue weighted by Crippen LogP contribution is -2.20. The molecule has 1 radical (unpaired) electrons. The zero-order chi connectivity index (χ0) is 14.1. The van der Waals surface area contributed by atoms with Gasteiger partial charge in [-0.1, -0.05) is 12.1 Å². The van der Waals surface area contributed by atoms with E-state index in [1.165, 1.54) is 12.1 Å². The van der Waals surface area contributed by atoms with E-state index in [9.17, 15) is 9.18 Å². The van der Waals surface area contributed by atoms with Crippen LogP contribution >= 0.6 is 0 Å². The van der Waals surface area contributed by atoms with Crippen molar-refractivity contribution in [3.8, 4) is 0 Å². The van der Waals surface area contributed by atoms with E-state index < -0.39 is 6.03 Å². The molecular formula is C14H10FN4O. The fourth-order valence-corrected chi connectivity index (χ4v) is 1.97. The van der Waals surface area contributed by atoms with Crippen LogP contribution in [0.5, 0.6) is 0 Å². The molecule has 2 aromatic carbocycles. The number of anilines is 2. The summed E-state index contributed by atoms with van der Waals surface area (Å²) in [5, 5.41) is 7.74. The quantitative estimate of drug-likeness (QED) is 0.751. The number of fused-ring (bicyclic) bond motifs is 1. The van der Waals surface area contributed by atoms with Crippen LogP contribution in [-0.2, 0) is 0 Å². The van der Waals surface area contributed by atoms with Gasteiger partial charge in [0, 0.05) is 11.1 Å². The first kappa shape index (κ1) is 12.2. The third kappa shape index (κ3) is 2.07. The summed E-state index contributed by atoms with van der Waals surface area (Å²) in [5.41, 5.74) is 6.37. The summed E-state index contributed by atoms with van der Waals surface area (Å²) in [4.78, 5) is 11.4. The van der Waals surface area contributed by atoms with Gasteiger partial charge in [-0.2, -0.15) is 4.68 Å². The average molecular weight is 269 g/mol. The zero-order valence-corrected chi connectivity index (χ0v) is 10.3.